The molecule has 0 aliphatic carbocycles. The van der Waals surface area contributed by atoms with Crippen molar-refractivity contribution in [3.63, 3.8) is 0 Å². The third-order valence-corrected chi connectivity index (χ3v) is 4.06. The molecule has 1 atom stereocenters. The summed E-state index contributed by atoms with van der Waals surface area (Å²) in [5, 5.41) is 0. The monoisotopic (exact) mass is 262 g/mol. The van der Waals surface area contributed by atoms with E-state index in [1.54, 1.807) is 0 Å². The third-order valence-electron chi connectivity index (χ3n) is 4.06. The summed E-state index contributed by atoms with van der Waals surface area (Å²) in [5.41, 5.74) is 7.08. The fourth-order valence-electron chi connectivity index (χ4n) is 2.65. The Morgan fingerprint density at radius 3 is 2.79 bits per heavy atom. The smallest absolute Gasteiger partial charge is 0.128 e. The highest BCUT2D eigenvalue weighted by molar-refractivity contribution is 5.40. The number of nitrogens with two attached hydrogens (primary N) is 1. The van der Waals surface area contributed by atoms with E-state index in [-0.39, 0.29) is 6.04 Å². The van der Waals surface area contributed by atoms with E-state index in [0.717, 1.165) is 23.8 Å². The second kappa shape index (κ2) is 6.35. The van der Waals surface area contributed by atoms with Crippen molar-refractivity contribution in [3.8, 4) is 0 Å². The first-order valence-electron chi connectivity index (χ1n) is 7.17. The second-order valence-corrected chi connectivity index (χ2v) is 5.86. The minimum atomic E-state index is 0.0680. The number of rotatable bonds is 4. The molecule has 0 radical (unpaired) electrons. The van der Waals surface area contributed by atoms with Gasteiger partial charge in [0.1, 0.15) is 5.82 Å². The van der Waals surface area contributed by atoms with Gasteiger partial charge in [0.05, 0.1) is 0 Å². The van der Waals surface area contributed by atoms with Crippen LogP contribution in [0.15, 0.2) is 18.3 Å². The van der Waals surface area contributed by atoms with Gasteiger partial charge in [-0.05, 0) is 63.5 Å². The van der Waals surface area contributed by atoms with Crippen LogP contribution in [0, 0.1) is 5.92 Å². The van der Waals surface area contributed by atoms with Crippen molar-refractivity contribution < 1.29 is 0 Å². The SMILES string of the molecule is CC(N)c1ccnc(N(C)CC2CCN(C)CC2)c1. The van der Waals surface area contributed by atoms with Crippen LogP contribution in [-0.4, -0.2) is 43.6 Å². The molecule has 1 saturated heterocycles. The van der Waals surface area contributed by atoms with Crippen molar-refractivity contribution in [2.75, 3.05) is 38.6 Å². The van der Waals surface area contributed by atoms with Crippen LogP contribution < -0.4 is 10.6 Å². The second-order valence-electron chi connectivity index (χ2n) is 5.86. The lowest BCUT2D eigenvalue weighted by molar-refractivity contribution is 0.222. The van der Waals surface area contributed by atoms with E-state index >= 15 is 0 Å². The maximum Gasteiger partial charge on any atom is 0.128 e. The summed E-state index contributed by atoms with van der Waals surface area (Å²) < 4.78 is 0. The first-order chi connectivity index (χ1) is 9.06. The third kappa shape index (κ3) is 3.91. The zero-order chi connectivity index (χ0) is 13.8. The van der Waals surface area contributed by atoms with Crippen molar-refractivity contribution in [1.29, 1.82) is 0 Å². The highest BCUT2D eigenvalue weighted by atomic mass is 15.2. The minimum Gasteiger partial charge on any atom is -0.359 e. The molecule has 0 bridgehead atoms. The summed E-state index contributed by atoms with van der Waals surface area (Å²) in [6.45, 7) is 5.52. The number of aromatic nitrogens is 1. The van der Waals surface area contributed by atoms with Crippen molar-refractivity contribution in [2.45, 2.75) is 25.8 Å². The molecule has 4 nitrogen and oxygen atoms in total. The molecule has 1 fully saturated rings. The molecule has 1 aliphatic rings. The summed E-state index contributed by atoms with van der Waals surface area (Å²) in [5.74, 6) is 1.82. The van der Waals surface area contributed by atoms with Gasteiger partial charge in [-0.25, -0.2) is 4.98 Å². The van der Waals surface area contributed by atoms with Crippen molar-refractivity contribution in [2.24, 2.45) is 11.7 Å². The Hall–Kier alpha value is -1.13. The normalized spacial score (nSPS) is 19.4. The van der Waals surface area contributed by atoms with Crippen LogP contribution in [0.1, 0.15) is 31.4 Å². The Morgan fingerprint density at radius 1 is 1.47 bits per heavy atom. The summed E-state index contributed by atoms with van der Waals surface area (Å²) in [6, 6.07) is 4.18. The molecular formula is C15H26N4. The van der Waals surface area contributed by atoms with Crippen LogP contribution in [0.5, 0.6) is 0 Å². The molecular weight excluding hydrogens is 236 g/mol. The molecule has 2 heterocycles. The van der Waals surface area contributed by atoms with E-state index in [2.05, 4.69) is 34.9 Å². The zero-order valence-electron chi connectivity index (χ0n) is 12.3. The lowest BCUT2D eigenvalue weighted by Crippen LogP contribution is -2.36. The van der Waals surface area contributed by atoms with Crippen LogP contribution in [0.25, 0.3) is 0 Å². The molecule has 0 aromatic carbocycles. The molecule has 4 heteroatoms. The van der Waals surface area contributed by atoms with Gasteiger partial charge in [-0.15, -0.1) is 0 Å². The number of likely N-dealkylation sites (tertiary alicyclic amines) is 1. The zero-order valence-corrected chi connectivity index (χ0v) is 12.3. The topological polar surface area (TPSA) is 45.4 Å². The highest BCUT2D eigenvalue weighted by Gasteiger charge is 2.18. The van der Waals surface area contributed by atoms with Crippen molar-refractivity contribution in [1.82, 2.24) is 9.88 Å². The van der Waals surface area contributed by atoms with Crippen molar-refractivity contribution in [3.05, 3.63) is 23.9 Å². The summed E-state index contributed by atoms with van der Waals surface area (Å²) in [7, 11) is 4.33. The van der Waals surface area contributed by atoms with Gasteiger partial charge in [-0.2, -0.15) is 0 Å². The average molecular weight is 262 g/mol. The number of anilines is 1. The van der Waals surface area contributed by atoms with Crippen LogP contribution in [0.4, 0.5) is 5.82 Å². The molecule has 1 unspecified atom stereocenters. The number of hydrogen-bond acceptors (Lipinski definition) is 4. The highest BCUT2D eigenvalue weighted by Crippen LogP contribution is 2.21. The first-order valence-corrected chi connectivity index (χ1v) is 7.17. The quantitative estimate of drug-likeness (QED) is 0.900. The molecule has 1 aromatic heterocycles. The van der Waals surface area contributed by atoms with Gasteiger partial charge in [0, 0.05) is 25.8 Å². The fraction of sp³-hybridized carbons (Fsp3) is 0.667. The van der Waals surface area contributed by atoms with Crippen LogP contribution in [-0.2, 0) is 0 Å². The molecule has 1 aromatic rings. The van der Waals surface area contributed by atoms with Crippen LogP contribution in [0.3, 0.4) is 0 Å². The van der Waals surface area contributed by atoms with E-state index in [0.29, 0.717) is 0 Å². The molecule has 0 spiro atoms. The lowest BCUT2D eigenvalue weighted by Gasteiger charge is -2.32. The lowest BCUT2D eigenvalue weighted by atomic mass is 9.96. The van der Waals surface area contributed by atoms with Gasteiger partial charge in [-0.1, -0.05) is 0 Å². The summed E-state index contributed by atoms with van der Waals surface area (Å²) in [6.07, 6.45) is 4.43. The van der Waals surface area contributed by atoms with Gasteiger partial charge < -0.3 is 15.5 Å². The number of hydrogen-bond donors (Lipinski definition) is 1. The Balaban J connectivity index is 1.95. The maximum atomic E-state index is 5.93. The van der Waals surface area contributed by atoms with Crippen LogP contribution >= 0.6 is 0 Å². The minimum absolute atomic E-state index is 0.0680. The Morgan fingerprint density at radius 2 is 2.16 bits per heavy atom. The summed E-state index contributed by atoms with van der Waals surface area (Å²) in [4.78, 5) is 9.14. The number of piperidine rings is 1. The number of nitrogens with zero attached hydrogens (tertiary/aromatic N) is 3. The maximum absolute atomic E-state index is 5.93. The van der Waals surface area contributed by atoms with E-state index < -0.39 is 0 Å². The predicted octanol–water partition coefficient (Wildman–Crippen LogP) is 1.88. The van der Waals surface area contributed by atoms with Gasteiger partial charge in [0.25, 0.3) is 0 Å². The molecule has 106 valence electrons. The van der Waals surface area contributed by atoms with E-state index in [1.807, 2.05) is 19.2 Å². The van der Waals surface area contributed by atoms with E-state index in [1.165, 1.54) is 25.9 Å². The molecule has 1 aliphatic heterocycles. The van der Waals surface area contributed by atoms with E-state index in [9.17, 15) is 0 Å². The van der Waals surface area contributed by atoms with Crippen molar-refractivity contribution >= 4 is 5.82 Å². The summed E-state index contributed by atoms with van der Waals surface area (Å²) >= 11 is 0. The molecule has 19 heavy (non-hydrogen) atoms. The Labute approximate surface area is 116 Å². The molecule has 0 saturated carbocycles. The molecule has 2 N–H and O–H groups in total. The van der Waals surface area contributed by atoms with Crippen LogP contribution in [0.2, 0.25) is 0 Å². The standard InChI is InChI=1S/C15H26N4/c1-12(16)14-4-7-17-15(10-14)19(3)11-13-5-8-18(2)9-6-13/h4,7,10,12-13H,5-6,8-9,11,16H2,1-3H3. The van der Waals surface area contributed by atoms with Gasteiger partial charge in [-0.3, -0.25) is 0 Å². The predicted molar refractivity (Wildman–Crippen MR) is 80.3 cm³/mol. The average Bonchev–Trinajstić information content (AvgIpc) is 2.41. The first kappa shape index (κ1) is 14.3. The molecule has 0 amide bonds. The van der Waals surface area contributed by atoms with Gasteiger partial charge in [0.2, 0.25) is 0 Å². The Kier molecular flexibility index (Phi) is 4.77. The number of pyridine rings is 1. The van der Waals surface area contributed by atoms with Gasteiger partial charge >= 0.3 is 0 Å². The Bertz CT molecular complexity index is 397. The largest absolute Gasteiger partial charge is 0.359 e. The fourth-order valence-corrected chi connectivity index (χ4v) is 2.65. The molecule has 2 rings (SSSR count). The van der Waals surface area contributed by atoms with E-state index in [4.69, 9.17) is 5.73 Å². The van der Waals surface area contributed by atoms with Gasteiger partial charge in [0.15, 0.2) is 0 Å².